The van der Waals surface area contributed by atoms with Gasteiger partial charge in [0.2, 0.25) is 0 Å². The summed E-state index contributed by atoms with van der Waals surface area (Å²) in [6.45, 7) is 2.95. The number of halogens is 1. The summed E-state index contributed by atoms with van der Waals surface area (Å²) in [7, 11) is 1.93. The summed E-state index contributed by atoms with van der Waals surface area (Å²) >= 11 is 3.49. The first-order valence-electron chi connectivity index (χ1n) is 3.56. The van der Waals surface area contributed by atoms with E-state index in [-0.39, 0.29) is 0 Å². The molecule has 0 atom stereocenters. The summed E-state index contributed by atoms with van der Waals surface area (Å²) < 4.78 is 1.17. The monoisotopic (exact) mass is 207 g/mol. The molecule has 0 aliphatic carbocycles. The van der Waals surface area contributed by atoms with Gasteiger partial charge in [0.15, 0.2) is 0 Å². The van der Waals surface area contributed by atoms with Gasteiger partial charge in [0.25, 0.3) is 0 Å². The first-order valence-corrected chi connectivity index (χ1v) is 4.35. The Bertz CT molecular complexity index is 333. The average molecular weight is 208 g/mol. The third-order valence-corrected chi connectivity index (χ3v) is 2.77. The van der Waals surface area contributed by atoms with Crippen LogP contribution < -0.4 is 5.46 Å². The third kappa shape index (κ3) is 1.18. The van der Waals surface area contributed by atoms with E-state index < -0.39 is 0 Å². The number of hydrogen-bond acceptors (Lipinski definition) is 1. The van der Waals surface area contributed by atoms with E-state index in [1.54, 1.807) is 0 Å². The van der Waals surface area contributed by atoms with Crippen molar-refractivity contribution in [1.29, 1.82) is 0 Å². The SMILES string of the molecule is Cc1cc2c(cc1Br)B=NC2. The fraction of sp³-hybridized carbons (Fsp3) is 0.250. The third-order valence-electron chi connectivity index (χ3n) is 1.91. The van der Waals surface area contributed by atoms with Crippen molar-refractivity contribution >= 4 is 28.5 Å². The molecule has 0 saturated heterocycles. The Labute approximate surface area is 74.9 Å². The second kappa shape index (κ2) is 2.56. The molecule has 3 heteroatoms. The molecule has 1 aromatic rings. The van der Waals surface area contributed by atoms with E-state index in [1.165, 1.54) is 21.1 Å². The van der Waals surface area contributed by atoms with Gasteiger partial charge in [-0.05, 0) is 0 Å². The van der Waals surface area contributed by atoms with E-state index in [0.717, 1.165) is 6.54 Å². The predicted molar refractivity (Wildman–Crippen MR) is 50.4 cm³/mol. The van der Waals surface area contributed by atoms with Gasteiger partial charge in [-0.25, -0.2) is 0 Å². The maximum absolute atomic E-state index is 4.19. The van der Waals surface area contributed by atoms with Crippen LogP contribution in [-0.2, 0) is 6.54 Å². The Morgan fingerprint density at radius 1 is 1.55 bits per heavy atom. The molecule has 0 N–H and O–H groups in total. The van der Waals surface area contributed by atoms with Crippen LogP contribution in [0.1, 0.15) is 11.1 Å². The molecule has 2 rings (SSSR count). The van der Waals surface area contributed by atoms with Crippen molar-refractivity contribution < 1.29 is 0 Å². The van der Waals surface area contributed by atoms with Crippen molar-refractivity contribution in [2.45, 2.75) is 13.5 Å². The molecule has 1 aromatic carbocycles. The Hall–Kier alpha value is -0.435. The number of aryl methyl sites for hydroxylation is 1. The van der Waals surface area contributed by atoms with Gasteiger partial charge < -0.3 is 0 Å². The second-order valence-corrected chi connectivity index (χ2v) is 3.62. The van der Waals surface area contributed by atoms with Crippen LogP contribution in [0.3, 0.4) is 0 Å². The molecule has 0 spiro atoms. The zero-order chi connectivity index (χ0) is 7.84. The van der Waals surface area contributed by atoms with E-state index in [2.05, 4.69) is 39.9 Å². The molecule has 0 unspecified atom stereocenters. The standard InChI is InChI=1S/C8H7BBrN/c1-5-2-6-4-11-9-7(6)3-8(5)10/h2-3H,4H2,1H3. The van der Waals surface area contributed by atoms with Gasteiger partial charge in [0.1, 0.15) is 0 Å². The van der Waals surface area contributed by atoms with Gasteiger partial charge >= 0.3 is 74.6 Å². The molecule has 0 radical (unpaired) electrons. The van der Waals surface area contributed by atoms with Crippen LogP contribution in [0.15, 0.2) is 21.5 Å². The second-order valence-electron chi connectivity index (χ2n) is 2.77. The van der Waals surface area contributed by atoms with Gasteiger partial charge in [-0.1, -0.05) is 0 Å². The maximum atomic E-state index is 4.19. The molecular weight excluding hydrogens is 201 g/mol. The number of nitrogens with zero attached hydrogens (tertiary/aromatic N) is 1. The van der Waals surface area contributed by atoms with Crippen LogP contribution >= 0.6 is 15.9 Å². The van der Waals surface area contributed by atoms with Gasteiger partial charge in [0, 0.05) is 0 Å². The quantitative estimate of drug-likeness (QED) is 0.576. The van der Waals surface area contributed by atoms with Crippen molar-refractivity contribution in [3.8, 4) is 0 Å². The van der Waals surface area contributed by atoms with Crippen LogP contribution in [0.5, 0.6) is 0 Å². The molecule has 1 nitrogen and oxygen atoms in total. The summed E-state index contributed by atoms with van der Waals surface area (Å²) in [5.41, 5.74) is 3.88. The van der Waals surface area contributed by atoms with Crippen LogP contribution in [0.25, 0.3) is 0 Å². The number of rotatable bonds is 0. The number of benzene rings is 1. The van der Waals surface area contributed by atoms with Gasteiger partial charge in [-0.3, -0.25) is 0 Å². The van der Waals surface area contributed by atoms with Gasteiger partial charge in [-0.2, -0.15) is 0 Å². The first-order chi connectivity index (χ1) is 5.27. The fourth-order valence-corrected chi connectivity index (χ4v) is 1.62. The van der Waals surface area contributed by atoms with Crippen molar-refractivity contribution in [3.05, 3.63) is 27.7 Å². The summed E-state index contributed by atoms with van der Waals surface area (Å²) in [6, 6.07) is 4.31. The van der Waals surface area contributed by atoms with Gasteiger partial charge in [-0.15, -0.1) is 0 Å². The summed E-state index contributed by atoms with van der Waals surface area (Å²) in [5.74, 6) is 0. The van der Waals surface area contributed by atoms with E-state index in [4.69, 9.17) is 0 Å². The van der Waals surface area contributed by atoms with Crippen molar-refractivity contribution in [2.75, 3.05) is 0 Å². The normalized spacial score (nSPS) is 12.9. The molecule has 1 heterocycles. The Kier molecular flexibility index (Phi) is 1.68. The molecule has 1 aliphatic rings. The minimum atomic E-state index is 0.851. The fourth-order valence-electron chi connectivity index (χ4n) is 1.26. The van der Waals surface area contributed by atoms with Crippen LogP contribution in [0.4, 0.5) is 0 Å². The topological polar surface area (TPSA) is 12.4 Å². The van der Waals surface area contributed by atoms with Crippen LogP contribution in [-0.4, -0.2) is 7.07 Å². The van der Waals surface area contributed by atoms with Crippen LogP contribution in [0, 0.1) is 6.92 Å². The van der Waals surface area contributed by atoms with Crippen LogP contribution in [0.2, 0.25) is 0 Å². The Morgan fingerprint density at radius 2 is 2.36 bits per heavy atom. The molecule has 0 amide bonds. The molecule has 54 valence electrons. The molecular formula is C8H7BBrN. The van der Waals surface area contributed by atoms with E-state index in [0.29, 0.717) is 0 Å². The Balaban J connectivity index is 2.63. The van der Waals surface area contributed by atoms with Crippen molar-refractivity contribution in [3.63, 3.8) is 0 Å². The number of fused-ring (bicyclic) bond motifs is 1. The molecule has 1 aliphatic heterocycles. The molecule has 0 bridgehead atoms. The molecule has 0 fully saturated rings. The van der Waals surface area contributed by atoms with Crippen molar-refractivity contribution in [2.24, 2.45) is 4.90 Å². The summed E-state index contributed by atoms with van der Waals surface area (Å²) in [6.07, 6.45) is 0. The Morgan fingerprint density at radius 3 is 3.18 bits per heavy atom. The molecule has 0 saturated carbocycles. The average Bonchev–Trinajstić information content (AvgIpc) is 2.36. The predicted octanol–water partition coefficient (Wildman–Crippen LogP) is 1.78. The molecule has 0 aromatic heterocycles. The van der Waals surface area contributed by atoms with E-state index in [9.17, 15) is 0 Å². The van der Waals surface area contributed by atoms with E-state index in [1.807, 2.05) is 7.07 Å². The first kappa shape index (κ1) is 7.23. The zero-order valence-electron chi connectivity index (χ0n) is 6.26. The molecule has 11 heavy (non-hydrogen) atoms. The van der Waals surface area contributed by atoms with Crippen molar-refractivity contribution in [1.82, 2.24) is 0 Å². The van der Waals surface area contributed by atoms with Gasteiger partial charge in [0.05, 0.1) is 0 Å². The zero-order valence-corrected chi connectivity index (χ0v) is 7.85. The van der Waals surface area contributed by atoms with E-state index >= 15 is 0 Å². The minimum absolute atomic E-state index is 0.851. The number of hydrogen-bond donors (Lipinski definition) is 0. The summed E-state index contributed by atoms with van der Waals surface area (Å²) in [5, 5.41) is 0. The summed E-state index contributed by atoms with van der Waals surface area (Å²) in [4.78, 5) is 4.19.